The van der Waals surface area contributed by atoms with Gasteiger partial charge in [-0.15, -0.1) is 0 Å². The van der Waals surface area contributed by atoms with Gasteiger partial charge in [0.1, 0.15) is 0 Å². The van der Waals surface area contributed by atoms with Crippen LogP contribution in [-0.4, -0.2) is 33.1 Å². The number of hydrogen-bond donors (Lipinski definition) is 2. The Labute approximate surface area is 150 Å². The Morgan fingerprint density at radius 1 is 0.840 bits per heavy atom. The highest BCUT2D eigenvalue weighted by molar-refractivity contribution is 5.02. The molecule has 0 aromatic rings. The molecule has 150 valence electrons. The Bertz CT molecular complexity index is 419. The normalized spacial score (nSPS) is 29.6. The predicted molar refractivity (Wildman–Crippen MR) is 88.5 cm³/mol. The molecule has 0 amide bonds. The van der Waals surface area contributed by atoms with Crippen molar-refractivity contribution in [2.45, 2.75) is 97.9 Å². The highest BCUT2D eigenvalue weighted by atomic mass is 17.5. The van der Waals surface area contributed by atoms with E-state index >= 15 is 0 Å². The molecule has 0 aliphatic heterocycles. The minimum Gasteiger partial charge on any atom is -0.359 e. The molecular weight excluding hydrogens is 332 g/mol. The first-order chi connectivity index (χ1) is 11.1. The molecule has 0 heterocycles. The van der Waals surface area contributed by atoms with Gasteiger partial charge in [0, 0.05) is 11.8 Å². The van der Waals surface area contributed by atoms with Crippen molar-refractivity contribution < 1.29 is 39.8 Å². The molecule has 0 aromatic heterocycles. The third-order valence-electron chi connectivity index (χ3n) is 3.92. The van der Waals surface area contributed by atoms with E-state index in [9.17, 15) is 5.11 Å². The second-order valence-corrected chi connectivity index (χ2v) is 9.51. The lowest BCUT2D eigenvalue weighted by molar-refractivity contribution is -0.660. The second kappa shape index (κ2) is 7.36. The summed E-state index contributed by atoms with van der Waals surface area (Å²) in [6.45, 7) is 16.2. The van der Waals surface area contributed by atoms with E-state index in [1.165, 1.54) is 0 Å². The van der Waals surface area contributed by atoms with Gasteiger partial charge in [0.25, 0.3) is 11.6 Å². The van der Waals surface area contributed by atoms with Crippen molar-refractivity contribution in [3.05, 3.63) is 0 Å². The minimum absolute atomic E-state index is 0.0738. The molecule has 2 atom stereocenters. The van der Waals surface area contributed by atoms with Crippen LogP contribution in [0, 0.1) is 11.3 Å². The van der Waals surface area contributed by atoms with Crippen LogP contribution in [0.1, 0.15) is 75.2 Å². The number of aliphatic hydroxyl groups is 1. The molecule has 0 radical (unpaired) electrons. The first-order valence-corrected chi connectivity index (χ1v) is 8.53. The zero-order chi connectivity index (χ0) is 19.7. The SMILES string of the molecule is CC1CC(C)(C)C(O)(OOO)C(OOC(C)(C)C)(OOC(C)(C)C)C1. The van der Waals surface area contributed by atoms with Crippen LogP contribution in [0.4, 0.5) is 0 Å². The first-order valence-electron chi connectivity index (χ1n) is 8.53. The lowest BCUT2D eigenvalue weighted by Gasteiger charge is -2.54. The summed E-state index contributed by atoms with van der Waals surface area (Å²) in [5.41, 5.74) is -2.30. The summed E-state index contributed by atoms with van der Waals surface area (Å²) in [5, 5.41) is 24.1. The molecule has 8 heteroatoms. The van der Waals surface area contributed by atoms with E-state index in [4.69, 9.17) is 29.7 Å². The summed E-state index contributed by atoms with van der Waals surface area (Å²) < 4.78 is 0. The van der Waals surface area contributed by atoms with E-state index in [0.29, 0.717) is 6.42 Å². The van der Waals surface area contributed by atoms with E-state index in [1.54, 1.807) is 55.4 Å². The van der Waals surface area contributed by atoms with Gasteiger partial charge in [-0.05, 0) is 53.9 Å². The van der Waals surface area contributed by atoms with Gasteiger partial charge in [-0.1, -0.05) is 25.8 Å². The Kier molecular flexibility index (Phi) is 6.69. The topological polar surface area (TPSA) is 95.8 Å². The van der Waals surface area contributed by atoms with Gasteiger partial charge in [-0.2, -0.15) is 14.7 Å². The van der Waals surface area contributed by atoms with E-state index in [1.807, 2.05) is 6.92 Å². The Morgan fingerprint density at radius 2 is 1.28 bits per heavy atom. The fourth-order valence-electron chi connectivity index (χ4n) is 3.00. The van der Waals surface area contributed by atoms with E-state index in [0.717, 1.165) is 0 Å². The van der Waals surface area contributed by atoms with Gasteiger partial charge in [0.2, 0.25) is 0 Å². The monoisotopic (exact) mass is 366 g/mol. The molecular formula is C17H34O8. The fourth-order valence-corrected chi connectivity index (χ4v) is 3.00. The summed E-state index contributed by atoms with van der Waals surface area (Å²) in [5.74, 6) is -4.03. The van der Waals surface area contributed by atoms with Crippen molar-refractivity contribution >= 4 is 0 Å². The summed E-state index contributed by atoms with van der Waals surface area (Å²) in [6.07, 6.45) is 0.745. The van der Waals surface area contributed by atoms with Crippen LogP contribution in [0.2, 0.25) is 0 Å². The molecule has 1 saturated carbocycles. The number of rotatable bonds is 6. The van der Waals surface area contributed by atoms with Crippen LogP contribution >= 0.6 is 0 Å². The molecule has 2 unspecified atom stereocenters. The third kappa shape index (κ3) is 5.33. The average molecular weight is 366 g/mol. The molecule has 25 heavy (non-hydrogen) atoms. The maximum atomic E-state index is 11.3. The standard InChI is InChI=1S/C17H34O8/c1-12-10-15(8,9)17(18,24-25-19)16(11-12,22-20-13(2,3)4)23-21-14(5,6)7/h12,18-19H,10-11H2,1-9H3. The first kappa shape index (κ1) is 22.7. The quantitative estimate of drug-likeness (QED) is 0.417. The lowest BCUT2D eigenvalue weighted by atomic mass is 9.65. The molecule has 2 N–H and O–H groups in total. The Morgan fingerprint density at radius 3 is 1.64 bits per heavy atom. The van der Waals surface area contributed by atoms with Crippen molar-refractivity contribution in [1.29, 1.82) is 0 Å². The van der Waals surface area contributed by atoms with Crippen LogP contribution in [-0.2, 0) is 29.5 Å². The lowest BCUT2D eigenvalue weighted by Crippen LogP contribution is -2.70. The van der Waals surface area contributed by atoms with Crippen LogP contribution in [0.3, 0.4) is 0 Å². The maximum Gasteiger partial charge on any atom is 0.290 e. The second-order valence-electron chi connectivity index (χ2n) is 9.51. The molecule has 0 aromatic carbocycles. The zero-order valence-corrected chi connectivity index (χ0v) is 16.8. The Hall–Kier alpha value is -0.320. The smallest absolute Gasteiger partial charge is 0.290 e. The van der Waals surface area contributed by atoms with Gasteiger partial charge in [-0.3, -0.25) is 0 Å². The maximum absolute atomic E-state index is 11.3. The molecule has 0 saturated heterocycles. The van der Waals surface area contributed by atoms with Gasteiger partial charge in [-0.25, -0.2) is 15.0 Å². The summed E-state index contributed by atoms with van der Waals surface area (Å²) >= 11 is 0. The van der Waals surface area contributed by atoms with Gasteiger partial charge >= 0.3 is 0 Å². The molecule has 0 bridgehead atoms. The average Bonchev–Trinajstić information content (AvgIpc) is 2.38. The van der Waals surface area contributed by atoms with Crippen LogP contribution in [0.25, 0.3) is 0 Å². The van der Waals surface area contributed by atoms with Crippen molar-refractivity contribution in [3.63, 3.8) is 0 Å². The van der Waals surface area contributed by atoms with E-state index < -0.39 is 28.2 Å². The van der Waals surface area contributed by atoms with Gasteiger partial charge < -0.3 is 5.11 Å². The van der Waals surface area contributed by atoms with Crippen LogP contribution in [0.5, 0.6) is 0 Å². The molecule has 8 nitrogen and oxygen atoms in total. The van der Waals surface area contributed by atoms with Crippen LogP contribution in [0.15, 0.2) is 0 Å². The number of hydrogen-bond acceptors (Lipinski definition) is 8. The van der Waals surface area contributed by atoms with Crippen molar-refractivity contribution in [1.82, 2.24) is 0 Å². The Balaban J connectivity index is 3.34. The molecule has 1 fully saturated rings. The highest BCUT2D eigenvalue weighted by Gasteiger charge is 2.70. The highest BCUT2D eigenvalue weighted by Crippen LogP contribution is 2.54. The largest absolute Gasteiger partial charge is 0.359 e. The van der Waals surface area contributed by atoms with Crippen molar-refractivity contribution in [2.75, 3.05) is 0 Å². The van der Waals surface area contributed by atoms with E-state index in [2.05, 4.69) is 5.04 Å². The summed E-state index contributed by atoms with van der Waals surface area (Å²) in [6, 6.07) is 0. The van der Waals surface area contributed by atoms with Crippen molar-refractivity contribution in [2.24, 2.45) is 11.3 Å². The fraction of sp³-hybridized carbons (Fsp3) is 1.00. The minimum atomic E-state index is -2.21. The molecule has 1 aliphatic carbocycles. The van der Waals surface area contributed by atoms with Crippen LogP contribution < -0.4 is 0 Å². The molecule has 1 aliphatic rings. The third-order valence-corrected chi connectivity index (χ3v) is 3.92. The van der Waals surface area contributed by atoms with Gasteiger partial charge in [0.15, 0.2) is 0 Å². The molecule has 1 rings (SSSR count). The van der Waals surface area contributed by atoms with E-state index in [-0.39, 0.29) is 12.3 Å². The summed E-state index contributed by atoms with van der Waals surface area (Å²) in [4.78, 5) is 26.9. The van der Waals surface area contributed by atoms with Crippen molar-refractivity contribution in [3.8, 4) is 0 Å². The predicted octanol–water partition coefficient (Wildman–Crippen LogP) is 3.74. The summed E-state index contributed by atoms with van der Waals surface area (Å²) in [7, 11) is 0. The zero-order valence-electron chi connectivity index (χ0n) is 16.8. The molecule has 0 spiro atoms. The van der Waals surface area contributed by atoms with Gasteiger partial charge in [0.05, 0.1) is 11.2 Å².